The number of carboxylic acid groups (broad SMARTS) is 1. The van der Waals surface area contributed by atoms with Crippen molar-refractivity contribution in [2.24, 2.45) is 0 Å². The van der Waals surface area contributed by atoms with Crippen molar-refractivity contribution in [3.05, 3.63) is 36.0 Å². The summed E-state index contributed by atoms with van der Waals surface area (Å²) >= 11 is 0. The third kappa shape index (κ3) is 2.27. The standard InChI is InChI=1S/C15H17N3O2/c1-10-4-5-13-12(3-2-7-16-13)14(10)17-11-6-8-18(9-11)15(19)20/h2-5,7,11,17H,6,8-9H2,1H3,(H,19,20)/t11-/m1/s1. The first-order chi connectivity index (χ1) is 9.65. The lowest BCUT2D eigenvalue weighted by Gasteiger charge is -2.18. The second kappa shape index (κ2) is 5.00. The van der Waals surface area contributed by atoms with Crippen molar-refractivity contribution in [2.45, 2.75) is 19.4 Å². The topological polar surface area (TPSA) is 65.5 Å². The second-order valence-corrected chi connectivity index (χ2v) is 5.19. The molecule has 2 aromatic rings. The molecule has 0 spiro atoms. The molecule has 1 fully saturated rings. The van der Waals surface area contributed by atoms with E-state index in [1.807, 2.05) is 24.3 Å². The molecule has 1 saturated heterocycles. The molecule has 2 heterocycles. The number of fused-ring (bicyclic) bond motifs is 1. The van der Waals surface area contributed by atoms with Gasteiger partial charge in [-0.3, -0.25) is 4.98 Å². The van der Waals surface area contributed by atoms with Gasteiger partial charge in [0.25, 0.3) is 0 Å². The highest BCUT2D eigenvalue weighted by Gasteiger charge is 2.26. The van der Waals surface area contributed by atoms with E-state index < -0.39 is 6.09 Å². The molecule has 0 unspecified atom stereocenters. The summed E-state index contributed by atoms with van der Waals surface area (Å²) in [6.07, 6.45) is 1.77. The lowest BCUT2D eigenvalue weighted by Crippen LogP contribution is -2.30. The van der Waals surface area contributed by atoms with Crippen LogP contribution in [0.15, 0.2) is 30.5 Å². The summed E-state index contributed by atoms with van der Waals surface area (Å²) in [6, 6.07) is 8.18. The number of nitrogens with one attached hydrogen (secondary N) is 1. The number of likely N-dealkylation sites (tertiary alicyclic amines) is 1. The summed E-state index contributed by atoms with van der Waals surface area (Å²) in [5.41, 5.74) is 3.17. The molecule has 20 heavy (non-hydrogen) atoms. The molecule has 0 saturated carbocycles. The number of pyridine rings is 1. The van der Waals surface area contributed by atoms with Crippen molar-refractivity contribution in [1.82, 2.24) is 9.88 Å². The van der Waals surface area contributed by atoms with Gasteiger partial charge in [0.15, 0.2) is 0 Å². The Morgan fingerprint density at radius 3 is 3.05 bits per heavy atom. The fourth-order valence-corrected chi connectivity index (χ4v) is 2.71. The fourth-order valence-electron chi connectivity index (χ4n) is 2.71. The number of aryl methyl sites for hydroxylation is 1. The molecule has 1 amide bonds. The summed E-state index contributed by atoms with van der Waals surface area (Å²) in [7, 11) is 0. The number of rotatable bonds is 2. The maximum absolute atomic E-state index is 11.0. The quantitative estimate of drug-likeness (QED) is 0.881. The van der Waals surface area contributed by atoms with Gasteiger partial charge in [-0.2, -0.15) is 0 Å². The SMILES string of the molecule is Cc1ccc2ncccc2c1N[C@@H]1CCN(C(=O)O)C1. The lowest BCUT2D eigenvalue weighted by atomic mass is 10.1. The lowest BCUT2D eigenvalue weighted by molar-refractivity contribution is 0.155. The van der Waals surface area contributed by atoms with Gasteiger partial charge in [0.2, 0.25) is 0 Å². The molecular formula is C15H17N3O2. The zero-order valence-corrected chi connectivity index (χ0v) is 11.3. The van der Waals surface area contributed by atoms with Crippen LogP contribution in [0.4, 0.5) is 10.5 Å². The number of aromatic nitrogens is 1. The van der Waals surface area contributed by atoms with E-state index in [9.17, 15) is 4.79 Å². The molecule has 3 rings (SSSR count). The first-order valence-electron chi connectivity index (χ1n) is 6.74. The summed E-state index contributed by atoms with van der Waals surface area (Å²) in [5.74, 6) is 0. The van der Waals surface area contributed by atoms with Crippen LogP contribution in [-0.4, -0.2) is 40.2 Å². The van der Waals surface area contributed by atoms with Gasteiger partial charge in [-0.15, -0.1) is 0 Å². The number of nitrogens with zero attached hydrogens (tertiary/aromatic N) is 2. The van der Waals surface area contributed by atoms with Gasteiger partial charge in [-0.1, -0.05) is 6.07 Å². The van der Waals surface area contributed by atoms with E-state index in [-0.39, 0.29) is 6.04 Å². The number of carbonyl (C=O) groups is 1. The van der Waals surface area contributed by atoms with Gasteiger partial charge in [0.05, 0.1) is 5.52 Å². The van der Waals surface area contributed by atoms with Crippen molar-refractivity contribution in [3.8, 4) is 0 Å². The molecule has 1 aliphatic heterocycles. The van der Waals surface area contributed by atoms with Crippen molar-refractivity contribution >= 4 is 22.7 Å². The van der Waals surface area contributed by atoms with Crippen molar-refractivity contribution in [1.29, 1.82) is 0 Å². The van der Waals surface area contributed by atoms with Crippen LogP contribution >= 0.6 is 0 Å². The van der Waals surface area contributed by atoms with Gasteiger partial charge < -0.3 is 15.3 Å². The van der Waals surface area contributed by atoms with Crippen LogP contribution in [0.2, 0.25) is 0 Å². The Hall–Kier alpha value is -2.30. The Kier molecular flexibility index (Phi) is 3.18. The summed E-state index contributed by atoms with van der Waals surface area (Å²) in [6.45, 7) is 3.18. The molecule has 0 aliphatic carbocycles. The van der Waals surface area contributed by atoms with Crippen LogP contribution in [0.25, 0.3) is 10.9 Å². The smallest absolute Gasteiger partial charge is 0.407 e. The fraction of sp³-hybridized carbons (Fsp3) is 0.333. The Morgan fingerprint density at radius 1 is 1.45 bits per heavy atom. The number of hydrogen-bond donors (Lipinski definition) is 2. The average molecular weight is 271 g/mol. The first-order valence-corrected chi connectivity index (χ1v) is 6.74. The summed E-state index contributed by atoms with van der Waals surface area (Å²) in [4.78, 5) is 16.8. The van der Waals surface area contributed by atoms with Gasteiger partial charge in [0.1, 0.15) is 0 Å². The highest BCUT2D eigenvalue weighted by Crippen LogP contribution is 2.27. The molecule has 5 nitrogen and oxygen atoms in total. The highest BCUT2D eigenvalue weighted by atomic mass is 16.4. The third-order valence-corrected chi connectivity index (χ3v) is 3.80. The maximum atomic E-state index is 11.0. The molecule has 1 atom stereocenters. The number of hydrogen-bond acceptors (Lipinski definition) is 3. The van der Waals surface area contributed by atoms with Crippen molar-refractivity contribution in [3.63, 3.8) is 0 Å². The highest BCUT2D eigenvalue weighted by molar-refractivity contribution is 5.93. The van der Waals surface area contributed by atoms with Crippen LogP contribution < -0.4 is 5.32 Å². The van der Waals surface area contributed by atoms with Crippen LogP contribution in [0.3, 0.4) is 0 Å². The zero-order chi connectivity index (χ0) is 14.1. The Labute approximate surface area is 117 Å². The predicted octanol–water partition coefficient (Wildman–Crippen LogP) is 2.71. The van der Waals surface area contributed by atoms with E-state index in [2.05, 4.69) is 17.2 Å². The molecule has 0 bridgehead atoms. The van der Waals surface area contributed by atoms with Gasteiger partial charge >= 0.3 is 6.09 Å². The van der Waals surface area contributed by atoms with Gasteiger partial charge in [-0.05, 0) is 37.1 Å². The average Bonchev–Trinajstić information content (AvgIpc) is 2.91. The second-order valence-electron chi connectivity index (χ2n) is 5.19. The molecule has 1 aliphatic rings. The maximum Gasteiger partial charge on any atom is 0.407 e. The molecule has 1 aromatic carbocycles. The molecule has 0 radical (unpaired) electrons. The Morgan fingerprint density at radius 2 is 2.30 bits per heavy atom. The van der Waals surface area contributed by atoms with Crippen LogP contribution in [0, 0.1) is 6.92 Å². The third-order valence-electron chi connectivity index (χ3n) is 3.80. The Bertz CT molecular complexity index is 657. The van der Waals surface area contributed by atoms with Crippen molar-refractivity contribution < 1.29 is 9.90 Å². The minimum absolute atomic E-state index is 0.163. The van der Waals surface area contributed by atoms with E-state index in [1.54, 1.807) is 6.20 Å². The minimum atomic E-state index is -0.842. The van der Waals surface area contributed by atoms with Crippen LogP contribution in [0.5, 0.6) is 0 Å². The molecule has 1 aromatic heterocycles. The van der Waals surface area contributed by atoms with Crippen LogP contribution in [0.1, 0.15) is 12.0 Å². The first kappa shape index (κ1) is 12.7. The van der Waals surface area contributed by atoms with E-state index >= 15 is 0 Å². The largest absolute Gasteiger partial charge is 0.465 e. The number of amides is 1. The molecular weight excluding hydrogens is 254 g/mol. The van der Waals surface area contributed by atoms with E-state index in [1.165, 1.54) is 4.90 Å². The van der Waals surface area contributed by atoms with Crippen LogP contribution in [-0.2, 0) is 0 Å². The molecule has 104 valence electrons. The van der Waals surface area contributed by atoms with Gasteiger partial charge in [0, 0.05) is 36.4 Å². The van der Waals surface area contributed by atoms with E-state index in [0.717, 1.165) is 28.6 Å². The molecule has 2 N–H and O–H groups in total. The normalized spacial score (nSPS) is 18.4. The van der Waals surface area contributed by atoms with E-state index in [0.29, 0.717) is 13.1 Å². The van der Waals surface area contributed by atoms with Crippen molar-refractivity contribution in [2.75, 3.05) is 18.4 Å². The Balaban J connectivity index is 1.88. The number of benzene rings is 1. The summed E-state index contributed by atoms with van der Waals surface area (Å²) < 4.78 is 0. The minimum Gasteiger partial charge on any atom is -0.465 e. The van der Waals surface area contributed by atoms with Gasteiger partial charge in [-0.25, -0.2) is 4.79 Å². The van der Waals surface area contributed by atoms with E-state index in [4.69, 9.17) is 5.11 Å². The zero-order valence-electron chi connectivity index (χ0n) is 11.3. The monoisotopic (exact) mass is 271 g/mol. The number of anilines is 1. The molecule has 5 heteroatoms. The summed E-state index contributed by atoms with van der Waals surface area (Å²) in [5, 5.41) is 13.6. The predicted molar refractivity (Wildman–Crippen MR) is 78.1 cm³/mol.